The third kappa shape index (κ3) is 26.1. The van der Waals surface area contributed by atoms with Gasteiger partial charge in [-0.3, -0.25) is 4.79 Å². The van der Waals surface area contributed by atoms with Crippen molar-refractivity contribution >= 4 is 30.5 Å². The molecule has 7 heteroatoms. The Morgan fingerprint density at radius 2 is 1.47 bits per heavy atom. The molecule has 0 atom stereocenters. The first-order chi connectivity index (χ1) is 8.59. The molecule has 110 valence electrons. The van der Waals surface area contributed by atoms with Crippen LogP contribution in [-0.4, -0.2) is 41.0 Å². The van der Waals surface area contributed by atoms with Crippen LogP contribution in [0.4, 0.5) is 0 Å². The van der Waals surface area contributed by atoms with E-state index in [1.807, 2.05) is 0 Å². The molecule has 6 nitrogen and oxygen atoms in total. The Bertz CT molecular complexity index is 323. The molecule has 0 aromatic carbocycles. The predicted octanol–water partition coefficient (Wildman–Crippen LogP) is 1.77. The summed E-state index contributed by atoms with van der Waals surface area (Å²) in [7, 11) is 1.33. The smallest absolute Gasteiger partial charge is 0.332 e. The van der Waals surface area contributed by atoms with E-state index in [1.54, 1.807) is 6.92 Å². The Morgan fingerprint density at radius 3 is 1.47 bits per heavy atom. The highest BCUT2D eigenvalue weighted by Crippen LogP contribution is 1.87. The SMILES string of the molecule is C=C(C)C(=O)O.C=C(C)C(=O)OC.O=C(O)CCS. The van der Waals surface area contributed by atoms with E-state index in [0.717, 1.165) is 0 Å². The molecule has 0 aliphatic heterocycles. The van der Waals surface area contributed by atoms with E-state index in [2.05, 4.69) is 30.5 Å². The molecule has 0 saturated heterocycles. The average molecular weight is 292 g/mol. The van der Waals surface area contributed by atoms with Gasteiger partial charge in [-0.2, -0.15) is 12.6 Å². The third-order valence-electron chi connectivity index (χ3n) is 1.22. The molecule has 0 aliphatic carbocycles. The van der Waals surface area contributed by atoms with Crippen LogP contribution in [0.5, 0.6) is 0 Å². The molecule has 0 rings (SSSR count). The number of rotatable bonds is 4. The summed E-state index contributed by atoms with van der Waals surface area (Å²) in [4.78, 5) is 29.3. The Balaban J connectivity index is -0.000000203. The molecule has 0 fully saturated rings. The van der Waals surface area contributed by atoms with Gasteiger partial charge in [0.2, 0.25) is 0 Å². The maximum Gasteiger partial charge on any atom is 0.332 e. The van der Waals surface area contributed by atoms with E-state index < -0.39 is 11.9 Å². The van der Waals surface area contributed by atoms with Gasteiger partial charge in [0.25, 0.3) is 0 Å². The second-order valence-electron chi connectivity index (χ2n) is 3.22. The van der Waals surface area contributed by atoms with Crippen molar-refractivity contribution in [1.82, 2.24) is 0 Å². The minimum absolute atomic E-state index is 0.156. The number of carboxylic acid groups (broad SMARTS) is 2. The molecular formula is C12H20O6S. The monoisotopic (exact) mass is 292 g/mol. The maximum absolute atomic E-state index is 10.2. The molecule has 0 aliphatic rings. The zero-order valence-electron chi connectivity index (χ0n) is 11.3. The quantitative estimate of drug-likeness (QED) is 0.415. The molecule has 0 aromatic rings. The summed E-state index contributed by atoms with van der Waals surface area (Å²) in [5.74, 6) is -1.64. The number of carboxylic acids is 2. The van der Waals surface area contributed by atoms with Gasteiger partial charge in [0.1, 0.15) is 0 Å². The van der Waals surface area contributed by atoms with Gasteiger partial charge in [-0.25, -0.2) is 9.59 Å². The first kappa shape index (κ1) is 22.4. The van der Waals surface area contributed by atoms with E-state index in [4.69, 9.17) is 10.2 Å². The number of aliphatic carboxylic acids is 2. The molecule has 0 radical (unpaired) electrons. The number of carbonyl (C=O) groups excluding carboxylic acids is 1. The van der Waals surface area contributed by atoms with Crippen molar-refractivity contribution in [3.63, 3.8) is 0 Å². The van der Waals surface area contributed by atoms with Crippen LogP contribution in [0.2, 0.25) is 0 Å². The van der Waals surface area contributed by atoms with Gasteiger partial charge in [0.15, 0.2) is 0 Å². The zero-order valence-corrected chi connectivity index (χ0v) is 12.2. The van der Waals surface area contributed by atoms with E-state index in [-0.39, 0.29) is 18.0 Å². The van der Waals surface area contributed by atoms with Crippen molar-refractivity contribution in [3.8, 4) is 0 Å². The van der Waals surface area contributed by atoms with Crippen molar-refractivity contribution in [2.45, 2.75) is 20.3 Å². The van der Waals surface area contributed by atoms with Crippen LogP contribution in [0.25, 0.3) is 0 Å². The lowest BCUT2D eigenvalue weighted by Crippen LogP contribution is -1.98. The van der Waals surface area contributed by atoms with Crippen molar-refractivity contribution in [1.29, 1.82) is 0 Å². The van der Waals surface area contributed by atoms with Crippen LogP contribution in [0.3, 0.4) is 0 Å². The highest BCUT2D eigenvalue weighted by molar-refractivity contribution is 7.80. The Morgan fingerprint density at radius 1 is 1.11 bits per heavy atom. The fourth-order valence-electron chi connectivity index (χ4n) is 0.270. The molecule has 0 bridgehead atoms. The molecular weight excluding hydrogens is 272 g/mol. The van der Waals surface area contributed by atoms with Crippen LogP contribution >= 0.6 is 12.6 Å². The van der Waals surface area contributed by atoms with Crippen LogP contribution in [0.15, 0.2) is 24.3 Å². The van der Waals surface area contributed by atoms with Crippen LogP contribution < -0.4 is 0 Å². The molecule has 0 heterocycles. The predicted molar refractivity (Wildman–Crippen MR) is 75.4 cm³/mol. The number of ether oxygens (including phenoxy) is 1. The van der Waals surface area contributed by atoms with Crippen LogP contribution in [0.1, 0.15) is 20.3 Å². The summed E-state index contributed by atoms with van der Waals surface area (Å²) in [5.41, 5.74) is 0.609. The maximum atomic E-state index is 10.2. The van der Waals surface area contributed by atoms with Gasteiger partial charge in [-0.1, -0.05) is 13.2 Å². The molecule has 0 aromatic heterocycles. The lowest BCUT2D eigenvalue weighted by atomic mass is 10.4. The summed E-state index contributed by atoms with van der Waals surface area (Å²) in [6.45, 7) is 9.56. The number of esters is 1. The first-order valence-electron chi connectivity index (χ1n) is 5.05. The minimum atomic E-state index is -0.935. The van der Waals surface area contributed by atoms with Crippen LogP contribution in [0, 0.1) is 0 Å². The highest BCUT2D eigenvalue weighted by atomic mass is 32.1. The van der Waals surface area contributed by atoms with Crippen LogP contribution in [-0.2, 0) is 19.1 Å². The molecule has 0 unspecified atom stereocenters. The van der Waals surface area contributed by atoms with Gasteiger partial charge in [-0.15, -0.1) is 0 Å². The Kier molecular flexibility index (Phi) is 16.9. The highest BCUT2D eigenvalue weighted by Gasteiger charge is 1.95. The minimum Gasteiger partial charge on any atom is -0.481 e. The van der Waals surface area contributed by atoms with E-state index in [9.17, 15) is 14.4 Å². The number of thiol groups is 1. The number of methoxy groups -OCH3 is 1. The average Bonchev–Trinajstić information content (AvgIpc) is 2.29. The second kappa shape index (κ2) is 14.3. The van der Waals surface area contributed by atoms with Crippen molar-refractivity contribution in [2.24, 2.45) is 0 Å². The summed E-state index contributed by atoms with van der Waals surface area (Å²) in [6, 6.07) is 0. The summed E-state index contributed by atoms with van der Waals surface area (Å²) in [5, 5.41) is 15.8. The van der Waals surface area contributed by atoms with Gasteiger partial charge < -0.3 is 14.9 Å². The summed E-state index contributed by atoms with van der Waals surface area (Å²) < 4.78 is 4.27. The summed E-state index contributed by atoms with van der Waals surface area (Å²) >= 11 is 3.68. The Labute approximate surface area is 118 Å². The first-order valence-corrected chi connectivity index (χ1v) is 5.68. The fourth-order valence-corrected chi connectivity index (χ4v) is 0.461. The molecule has 19 heavy (non-hydrogen) atoms. The normalized spacial score (nSPS) is 7.79. The molecule has 2 N–H and O–H groups in total. The van der Waals surface area contributed by atoms with Crippen molar-refractivity contribution < 1.29 is 29.3 Å². The summed E-state index contributed by atoms with van der Waals surface area (Å²) in [6.07, 6.45) is 0.156. The molecule has 0 amide bonds. The number of carbonyl (C=O) groups is 3. The molecule has 0 saturated carbocycles. The Hall–Kier alpha value is -1.76. The standard InChI is InChI=1S/C5H8O2.C4H6O2.C3H6O2S/c1-4(2)5(6)7-3;1-3(2)4(5)6;4-3(5)1-2-6/h1H2,2-3H3;1H2,2H3,(H,5,6);6H,1-2H2,(H,4,5). The number of hydrogen-bond acceptors (Lipinski definition) is 5. The van der Waals surface area contributed by atoms with Gasteiger partial charge >= 0.3 is 17.9 Å². The largest absolute Gasteiger partial charge is 0.481 e. The zero-order chi connectivity index (χ0) is 16.0. The second-order valence-corrected chi connectivity index (χ2v) is 3.67. The lowest BCUT2D eigenvalue weighted by molar-refractivity contribution is -0.137. The van der Waals surface area contributed by atoms with Gasteiger partial charge in [0, 0.05) is 16.9 Å². The third-order valence-corrected chi connectivity index (χ3v) is 1.45. The van der Waals surface area contributed by atoms with Crippen molar-refractivity contribution in [2.75, 3.05) is 12.9 Å². The van der Waals surface area contributed by atoms with Gasteiger partial charge in [0.05, 0.1) is 13.5 Å². The molecule has 0 spiro atoms. The lowest BCUT2D eigenvalue weighted by Gasteiger charge is -1.91. The van der Waals surface area contributed by atoms with E-state index in [0.29, 0.717) is 11.3 Å². The topological polar surface area (TPSA) is 101 Å². The van der Waals surface area contributed by atoms with Crippen molar-refractivity contribution in [3.05, 3.63) is 24.3 Å². The van der Waals surface area contributed by atoms with Gasteiger partial charge in [-0.05, 0) is 13.8 Å². The number of hydrogen-bond donors (Lipinski definition) is 3. The fraction of sp³-hybridized carbons (Fsp3) is 0.417. The van der Waals surface area contributed by atoms with E-state index in [1.165, 1.54) is 14.0 Å². The van der Waals surface area contributed by atoms with E-state index >= 15 is 0 Å².